The Kier molecular flexibility index (Phi) is 3.23. The Balaban J connectivity index is 2.20. The number of rotatable bonds is 1. The molecule has 0 aromatic heterocycles. The van der Waals surface area contributed by atoms with Crippen molar-refractivity contribution in [3.8, 4) is 11.8 Å². The molecule has 2 heteroatoms. The molecule has 1 radical (unpaired) electrons. The summed E-state index contributed by atoms with van der Waals surface area (Å²) in [6.45, 7) is 0. The summed E-state index contributed by atoms with van der Waals surface area (Å²) in [6, 6.07) is 16.8. The normalized spacial score (nSPS) is 9.18. The van der Waals surface area contributed by atoms with E-state index in [0.29, 0.717) is 0 Å². The third-order valence-electron chi connectivity index (χ3n) is 2.20. The molecule has 0 amide bonds. The van der Waals surface area contributed by atoms with Gasteiger partial charge in [-0.3, -0.25) is 0 Å². The molecule has 0 fully saturated rings. The molecule has 2 rings (SSSR count). The third-order valence-corrected chi connectivity index (χ3v) is 2.20. The fourth-order valence-corrected chi connectivity index (χ4v) is 1.31. The molecule has 0 unspecified atom stereocenters. The smallest absolute Gasteiger partial charge is 0.335 e. The summed E-state index contributed by atoms with van der Waals surface area (Å²) < 4.78 is 0. The molecule has 0 heterocycles. The molecule has 0 saturated heterocycles. The number of aromatic carboxylic acids is 1. The van der Waals surface area contributed by atoms with Crippen molar-refractivity contribution in [3.05, 3.63) is 71.3 Å². The summed E-state index contributed by atoms with van der Waals surface area (Å²) in [5.74, 6) is 5.03. The molecule has 0 bridgehead atoms. The van der Waals surface area contributed by atoms with Gasteiger partial charge in [-0.15, -0.1) is 0 Å². The van der Waals surface area contributed by atoms with Crippen LogP contribution in [0.15, 0.2) is 48.5 Å². The zero-order chi connectivity index (χ0) is 12.1. The Morgan fingerprint density at radius 3 is 2.00 bits per heavy atom. The van der Waals surface area contributed by atoms with Gasteiger partial charge in [0.15, 0.2) is 0 Å². The van der Waals surface area contributed by atoms with Crippen LogP contribution in [0.3, 0.4) is 0 Å². The van der Waals surface area contributed by atoms with E-state index in [1.54, 1.807) is 36.4 Å². The zero-order valence-corrected chi connectivity index (χ0v) is 8.97. The van der Waals surface area contributed by atoms with Gasteiger partial charge in [0.2, 0.25) is 0 Å². The van der Waals surface area contributed by atoms with Gasteiger partial charge in [-0.25, -0.2) is 4.79 Å². The number of carboxylic acid groups (broad SMARTS) is 1. The minimum absolute atomic E-state index is 0.268. The van der Waals surface area contributed by atoms with Gasteiger partial charge in [0.25, 0.3) is 0 Å². The van der Waals surface area contributed by atoms with Crippen LogP contribution < -0.4 is 0 Å². The standard InChI is InChI=1S/C15H9O2/c16-15(17)14-10-8-13(9-11-14)7-6-12-4-2-1-3-5-12/h2-5,8-11H,(H,16,17). The van der Waals surface area contributed by atoms with Crippen molar-refractivity contribution in [2.75, 3.05) is 0 Å². The van der Waals surface area contributed by atoms with E-state index >= 15 is 0 Å². The molecule has 17 heavy (non-hydrogen) atoms. The van der Waals surface area contributed by atoms with Crippen molar-refractivity contribution >= 4 is 5.97 Å². The highest BCUT2D eigenvalue weighted by Gasteiger charge is 1.99. The molecular formula is C15H9O2. The van der Waals surface area contributed by atoms with Crippen LogP contribution in [0.1, 0.15) is 21.5 Å². The highest BCUT2D eigenvalue weighted by atomic mass is 16.4. The van der Waals surface area contributed by atoms with E-state index in [2.05, 4.69) is 17.9 Å². The van der Waals surface area contributed by atoms with Crippen LogP contribution in [0.5, 0.6) is 0 Å². The van der Waals surface area contributed by atoms with Crippen molar-refractivity contribution in [3.63, 3.8) is 0 Å². The van der Waals surface area contributed by atoms with E-state index in [-0.39, 0.29) is 5.56 Å². The van der Waals surface area contributed by atoms with E-state index in [9.17, 15) is 4.79 Å². The summed E-state index contributed by atoms with van der Waals surface area (Å²) in [5.41, 5.74) is 1.97. The van der Waals surface area contributed by atoms with Gasteiger partial charge in [0, 0.05) is 11.1 Å². The number of carboxylic acids is 1. The molecule has 2 aromatic rings. The fourth-order valence-electron chi connectivity index (χ4n) is 1.31. The summed E-state index contributed by atoms with van der Waals surface area (Å²) in [4.78, 5) is 10.7. The van der Waals surface area contributed by atoms with Gasteiger partial charge in [-0.05, 0) is 42.5 Å². The summed E-state index contributed by atoms with van der Waals surface area (Å²) >= 11 is 0. The molecule has 2 aromatic carbocycles. The zero-order valence-electron chi connectivity index (χ0n) is 8.97. The van der Waals surface area contributed by atoms with Crippen molar-refractivity contribution in [2.24, 2.45) is 0 Å². The van der Waals surface area contributed by atoms with Gasteiger partial charge in [0.1, 0.15) is 0 Å². The molecule has 0 aliphatic rings. The van der Waals surface area contributed by atoms with E-state index < -0.39 is 5.97 Å². The van der Waals surface area contributed by atoms with E-state index in [1.807, 2.05) is 12.1 Å². The lowest BCUT2D eigenvalue weighted by Crippen LogP contribution is -1.94. The van der Waals surface area contributed by atoms with Crippen LogP contribution in [0, 0.1) is 17.9 Å². The van der Waals surface area contributed by atoms with Crippen LogP contribution in [-0.2, 0) is 0 Å². The number of hydrogen-bond donors (Lipinski definition) is 1. The molecule has 0 spiro atoms. The predicted octanol–water partition coefficient (Wildman–Crippen LogP) is 2.58. The Bertz CT molecular complexity index is 572. The van der Waals surface area contributed by atoms with E-state index in [1.165, 1.54) is 0 Å². The Hall–Kier alpha value is -2.53. The lowest BCUT2D eigenvalue weighted by Gasteiger charge is -1.93. The second-order valence-corrected chi connectivity index (χ2v) is 3.42. The van der Waals surface area contributed by atoms with E-state index in [4.69, 9.17) is 5.11 Å². The largest absolute Gasteiger partial charge is 0.478 e. The molecule has 1 N–H and O–H groups in total. The first-order valence-corrected chi connectivity index (χ1v) is 5.07. The number of hydrogen-bond acceptors (Lipinski definition) is 1. The van der Waals surface area contributed by atoms with Crippen LogP contribution in [0.25, 0.3) is 0 Å². The Morgan fingerprint density at radius 2 is 1.47 bits per heavy atom. The first-order valence-electron chi connectivity index (χ1n) is 5.07. The molecule has 2 nitrogen and oxygen atoms in total. The van der Waals surface area contributed by atoms with Crippen molar-refractivity contribution < 1.29 is 9.90 Å². The van der Waals surface area contributed by atoms with E-state index in [0.717, 1.165) is 11.1 Å². The van der Waals surface area contributed by atoms with Crippen molar-refractivity contribution in [1.29, 1.82) is 0 Å². The van der Waals surface area contributed by atoms with Crippen molar-refractivity contribution in [1.82, 2.24) is 0 Å². The summed E-state index contributed by atoms with van der Waals surface area (Å²) in [6.07, 6.45) is 0. The average molecular weight is 221 g/mol. The maximum Gasteiger partial charge on any atom is 0.335 e. The Labute approximate surface area is 99.5 Å². The van der Waals surface area contributed by atoms with Gasteiger partial charge in [0.05, 0.1) is 5.56 Å². The van der Waals surface area contributed by atoms with Gasteiger partial charge in [-0.2, -0.15) is 0 Å². The molecule has 81 valence electrons. The quantitative estimate of drug-likeness (QED) is 0.751. The minimum atomic E-state index is -0.928. The first kappa shape index (κ1) is 11.0. The van der Waals surface area contributed by atoms with Gasteiger partial charge < -0.3 is 5.11 Å². The van der Waals surface area contributed by atoms with Gasteiger partial charge >= 0.3 is 5.97 Å². The third kappa shape index (κ3) is 2.96. The fraction of sp³-hybridized carbons (Fsp3) is 0. The van der Waals surface area contributed by atoms with Crippen LogP contribution in [0.2, 0.25) is 0 Å². The minimum Gasteiger partial charge on any atom is -0.478 e. The molecular weight excluding hydrogens is 212 g/mol. The highest BCUT2D eigenvalue weighted by molar-refractivity contribution is 5.87. The maximum absolute atomic E-state index is 10.7. The highest BCUT2D eigenvalue weighted by Crippen LogP contribution is 2.03. The first-order chi connectivity index (χ1) is 8.25. The second kappa shape index (κ2) is 5.00. The maximum atomic E-state index is 10.7. The molecule has 0 aliphatic carbocycles. The Morgan fingerprint density at radius 1 is 0.941 bits per heavy atom. The van der Waals surface area contributed by atoms with Gasteiger partial charge in [-0.1, -0.05) is 24.0 Å². The van der Waals surface area contributed by atoms with Crippen LogP contribution in [0.4, 0.5) is 0 Å². The van der Waals surface area contributed by atoms with Crippen LogP contribution in [-0.4, -0.2) is 11.1 Å². The molecule has 0 atom stereocenters. The van der Waals surface area contributed by atoms with Crippen molar-refractivity contribution in [2.45, 2.75) is 0 Å². The summed E-state index contributed by atoms with van der Waals surface area (Å²) in [7, 11) is 0. The SMILES string of the molecule is O=C(O)c1ccc(C#Cc2cc[c]cc2)cc1. The average Bonchev–Trinajstić information content (AvgIpc) is 2.38. The monoisotopic (exact) mass is 221 g/mol. The topological polar surface area (TPSA) is 37.3 Å². The lowest BCUT2D eigenvalue weighted by atomic mass is 10.1. The summed E-state index contributed by atoms with van der Waals surface area (Å²) in [5, 5.41) is 8.74. The molecule has 0 saturated carbocycles. The second-order valence-electron chi connectivity index (χ2n) is 3.42. The number of benzene rings is 2. The van der Waals surface area contributed by atoms with Crippen LogP contribution >= 0.6 is 0 Å². The number of carbonyl (C=O) groups is 1. The molecule has 0 aliphatic heterocycles. The lowest BCUT2D eigenvalue weighted by molar-refractivity contribution is 0.0697. The predicted molar refractivity (Wildman–Crippen MR) is 64.7 cm³/mol.